The quantitative estimate of drug-likeness (QED) is 0.761. The number of nitrogens with one attached hydrogen (secondary N) is 1. The fourth-order valence-electron chi connectivity index (χ4n) is 3.71. The zero-order chi connectivity index (χ0) is 14.4. The lowest BCUT2D eigenvalue weighted by molar-refractivity contribution is -0.152. The van der Waals surface area contributed by atoms with E-state index in [1.54, 1.807) is 0 Å². The summed E-state index contributed by atoms with van der Waals surface area (Å²) in [7, 11) is 0. The Labute approximate surface area is 121 Å². The van der Waals surface area contributed by atoms with Gasteiger partial charge in [0.05, 0.1) is 5.41 Å². The minimum Gasteiger partial charge on any atom is -0.481 e. The molecule has 0 saturated heterocycles. The third-order valence-electron chi connectivity index (χ3n) is 5.08. The summed E-state index contributed by atoms with van der Waals surface area (Å²) in [6.45, 7) is 0.731. The van der Waals surface area contributed by atoms with Crippen molar-refractivity contribution in [3.05, 3.63) is 0 Å². The van der Waals surface area contributed by atoms with E-state index in [0.29, 0.717) is 18.8 Å². The first-order chi connectivity index (χ1) is 9.62. The minimum atomic E-state index is -0.809. The number of hydrogen-bond acceptors (Lipinski definition) is 2. The van der Waals surface area contributed by atoms with E-state index in [4.69, 9.17) is 0 Å². The first-order valence-corrected chi connectivity index (χ1v) is 8.12. The molecule has 2 aliphatic rings. The molecule has 4 heteroatoms. The molecule has 2 rings (SSSR count). The highest BCUT2D eigenvalue weighted by Crippen LogP contribution is 2.38. The van der Waals surface area contributed by atoms with Gasteiger partial charge < -0.3 is 10.4 Å². The third-order valence-corrected chi connectivity index (χ3v) is 5.08. The van der Waals surface area contributed by atoms with E-state index in [9.17, 15) is 14.7 Å². The van der Waals surface area contributed by atoms with Gasteiger partial charge in [0, 0.05) is 13.0 Å². The number of hydrogen-bond donors (Lipinski definition) is 2. The number of carbonyl (C=O) groups excluding carboxylic acids is 1. The molecule has 114 valence electrons. The summed E-state index contributed by atoms with van der Waals surface area (Å²) in [4.78, 5) is 23.8. The Kier molecular flexibility index (Phi) is 5.44. The van der Waals surface area contributed by atoms with Crippen LogP contribution in [-0.2, 0) is 9.59 Å². The molecule has 0 atom stereocenters. The van der Waals surface area contributed by atoms with Crippen molar-refractivity contribution in [2.75, 3.05) is 6.54 Å². The van der Waals surface area contributed by atoms with Crippen LogP contribution >= 0.6 is 0 Å². The predicted octanol–water partition coefficient (Wildman–Crippen LogP) is 3.11. The van der Waals surface area contributed by atoms with Gasteiger partial charge in [0.2, 0.25) is 5.91 Å². The molecule has 0 aromatic carbocycles. The van der Waals surface area contributed by atoms with Crippen LogP contribution in [0.25, 0.3) is 0 Å². The van der Waals surface area contributed by atoms with Gasteiger partial charge in [0.1, 0.15) is 0 Å². The second-order valence-corrected chi connectivity index (χ2v) is 6.63. The second-order valence-electron chi connectivity index (χ2n) is 6.63. The highest BCUT2D eigenvalue weighted by atomic mass is 16.4. The lowest BCUT2D eigenvalue weighted by Crippen LogP contribution is -2.38. The zero-order valence-electron chi connectivity index (χ0n) is 12.3. The highest BCUT2D eigenvalue weighted by molar-refractivity contribution is 5.85. The molecule has 0 spiro atoms. The summed E-state index contributed by atoms with van der Waals surface area (Å²) in [5, 5.41) is 12.5. The lowest BCUT2D eigenvalue weighted by atomic mass is 9.77. The Hall–Kier alpha value is -1.06. The number of carboxylic acid groups (broad SMARTS) is 1. The highest BCUT2D eigenvalue weighted by Gasteiger charge is 2.40. The van der Waals surface area contributed by atoms with Crippen LogP contribution < -0.4 is 5.32 Å². The zero-order valence-corrected chi connectivity index (χ0v) is 12.3. The van der Waals surface area contributed by atoms with Gasteiger partial charge in [-0.3, -0.25) is 9.59 Å². The van der Waals surface area contributed by atoms with Crippen LogP contribution in [-0.4, -0.2) is 23.5 Å². The summed E-state index contributed by atoms with van der Waals surface area (Å²) < 4.78 is 0. The molecule has 0 bridgehead atoms. The van der Waals surface area contributed by atoms with Gasteiger partial charge in [-0.1, -0.05) is 38.5 Å². The van der Waals surface area contributed by atoms with Gasteiger partial charge in [-0.05, 0) is 31.6 Å². The summed E-state index contributed by atoms with van der Waals surface area (Å²) in [6.07, 6.45) is 10.4. The Morgan fingerprint density at radius 2 is 1.60 bits per heavy atom. The maximum Gasteiger partial charge on any atom is 0.310 e. The normalized spacial score (nSPS) is 23.2. The average Bonchev–Trinajstić information content (AvgIpc) is 2.82. The van der Waals surface area contributed by atoms with Crippen molar-refractivity contribution < 1.29 is 14.7 Å². The SMILES string of the molecule is O=C(CC1(C(=O)O)CCCCCC1)NCC1CCCC1. The fourth-order valence-corrected chi connectivity index (χ4v) is 3.71. The van der Waals surface area contributed by atoms with E-state index in [1.807, 2.05) is 0 Å². The van der Waals surface area contributed by atoms with Gasteiger partial charge in [-0.25, -0.2) is 0 Å². The van der Waals surface area contributed by atoms with Crippen molar-refractivity contribution in [1.29, 1.82) is 0 Å². The van der Waals surface area contributed by atoms with Crippen molar-refractivity contribution in [2.24, 2.45) is 11.3 Å². The van der Waals surface area contributed by atoms with Gasteiger partial charge in [0.25, 0.3) is 0 Å². The number of carbonyl (C=O) groups is 2. The molecule has 0 unspecified atom stereocenters. The van der Waals surface area contributed by atoms with Crippen molar-refractivity contribution in [2.45, 2.75) is 70.6 Å². The van der Waals surface area contributed by atoms with Gasteiger partial charge in [-0.2, -0.15) is 0 Å². The summed E-state index contributed by atoms with van der Waals surface area (Å²) in [5.74, 6) is -0.245. The Morgan fingerprint density at radius 3 is 2.15 bits per heavy atom. The van der Waals surface area contributed by atoms with E-state index < -0.39 is 11.4 Å². The second kappa shape index (κ2) is 7.09. The maximum absolute atomic E-state index is 12.1. The predicted molar refractivity (Wildman–Crippen MR) is 77.4 cm³/mol. The molecule has 0 aromatic rings. The Morgan fingerprint density at radius 1 is 1.00 bits per heavy atom. The van der Waals surface area contributed by atoms with Gasteiger partial charge in [0.15, 0.2) is 0 Å². The molecule has 2 saturated carbocycles. The van der Waals surface area contributed by atoms with Gasteiger partial charge >= 0.3 is 5.97 Å². The Balaban J connectivity index is 1.86. The van der Waals surface area contributed by atoms with Crippen LogP contribution in [0.15, 0.2) is 0 Å². The van der Waals surface area contributed by atoms with Crippen LogP contribution in [0.4, 0.5) is 0 Å². The van der Waals surface area contributed by atoms with Crippen molar-refractivity contribution in [1.82, 2.24) is 5.32 Å². The fraction of sp³-hybridized carbons (Fsp3) is 0.875. The molecule has 2 N–H and O–H groups in total. The summed E-state index contributed by atoms with van der Waals surface area (Å²) in [5.41, 5.74) is -0.809. The molecule has 4 nitrogen and oxygen atoms in total. The smallest absolute Gasteiger partial charge is 0.310 e. The van der Waals surface area contributed by atoms with Crippen LogP contribution in [0.3, 0.4) is 0 Å². The third kappa shape index (κ3) is 3.97. The molecule has 0 aliphatic heterocycles. The van der Waals surface area contributed by atoms with Crippen LogP contribution in [0, 0.1) is 11.3 Å². The van der Waals surface area contributed by atoms with E-state index in [-0.39, 0.29) is 12.3 Å². The molecule has 0 radical (unpaired) electrons. The Bertz CT molecular complexity index is 340. The number of aliphatic carboxylic acids is 1. The van der Waals surface area contributed by atoms with Crippen molar-refractivity contribution in [3.63, 3.8) is 0 Å². The molecule has 20 heavy (non-hydrogen) atoms. The van der Waals surface area contributed by atoms with E-state index in [0.717, 1.165) is 32.2 Å². The minimum absolute atomic E-state index is 0.0683. The maximum atomic E-state index is 12.1. The van der Waals surface area contributed by atoms with Gasteiger partial charge in [-0.15, -0.1) is 0 Å². The van der Waals surface area contributed by atoms with Crippen LogP contribution in [0.1, 0.15) is 70.6 Å². The van der Waals surface area contributed by atoms with E-state index in [1.165, 1.54) is 25.7 Å². The molecule has 2 fully saturated rings. The topological polar surface area (TPSA) is 66.4 Å². The lowest BCUT2D eigenvalue weighted by Gasteiger charge is -2.27. The first kappa shape index (κ1) is 15.3. The monoisotopic (exact) mass is 281 g/mol. The molecular weight excluding hydrogens is 254 g/mol. The number of rotatable bonds is 5. The molecule has 2 aliphatic carbocycles. The number of carboxylic acids is 1. The first-order valence-electron chi connectivity index (χ1n) is 8.12. The standard InChI is InChI=1S/C16H27NO3/c18-14(17-12-13-7-3-4-8-13)11-16(15(19)20)9-5-1-2-6-10-16/h13H,1-12H2,(H,17,18)(H,19,20). The average molecular weight is 281 g/mol. The van der Waals surface area contributed by atoms with Crippen molar-refractivity contribution in [3.8, 4) is 0 Å². The van der Waals surface area contributed by atoms with Crippen molar-refractivity contribution >= 4 is 11.9 Å². The van der Waals surface area contributed by atoms with E-state index >= 15 is 0 Å². The molecule has 1 amide bonds. The van der Waals surface area contributed by atoms with E-state index in [2.05, 4.69) is 5.32 Å². The molecule has 0 heterocycles. The summed E-state index contributed by atoms with van der Waals surface area (Å²) in [6, 6.07) is 0. The number of amides is 1. The molecular formula is C16H27NO3. The molecule has 0 aromatic heterocycles. The largest absolute Gasteiger partial charge is 0.481 e. The van der Waals surface area contributed by atoms with Crippen LogP contribution in [0.5, 0.6) is 0 Å². The summed E-state index contributed by atoms with van der Waals surface area (Å²) >= 11 is 0. The van der Waals surface area contributed by atoms with Crippen LogP contribution in [0.2, 0.25) is 0 Å².